The monoisotopic (exact) mass is 443 g/mol. The van der Waals surface area contributed by atoms with Gasteiger partial charge in [-0.05, 0) is 54.6 Å². The molecule has 4 rings (SSSR count). The van der Waals surface area contributed by atoms with Crippen LogP contribution in [0.1, 0.15) is 6.92 Å². The van der Waals surface area contributed by atoms with Crippen LogP contribution >= 0.6 is 0 Å². The highest BCUT2D eigenvalue weighted by Crippen LogP contribution is 2.36. The lowest BCUT2D eigenvalue weighted by Crippen LogP contribution is -2.16. The Hall–Kier alpha value is -4.44. The van der Waals surface area contributed by atoms with E-state index >= 15 is 0 Å². The summed E-state index contributed by atoms with van der Waals surface area (Å²) in [4.78, 5) is 24.6. The number of nitrogens with one attached hydrogen (secondary N) is 2. The second-order valence-electron chi connectivity index (χ2n) is 7.34. The van der Waals surface area contributed by atoms with Crippen molar-refractivity contribution in [3.8, 4) is 23.0 Å². The maximum Gasteiger partial charge on any atom is 0.300 e. The number of halogens is 2. The van der Waals surface area contributed by atoms with Gasteiger partial charge in [-0.15, -0.1) is 0 Å². The smallest absolute Gasteiger partial charge is 0.300 e. The van der Waals surface area contributed by atoms with E-state index < -0.39 is 17.5 Å². The number of carbonyl (C=O) groups is 1. The van der Waals surface area contributed by atoms with Crippen molar-refractivity contribution < 1.29 is 13.6 Å². The van der Waals surface area contributed by atoms with Crippen molar-refractivity contribution in [1.29, 1.82) is 0 Å². The summed E-state index contributed by atoms with van der Waals surface area (Å²) in [7, 11) is 1.65. The minimum absolute atomic E-state index is 0.0837. The Labute approximate surface area is 188 Å². The van der Waals surface area contributed by atoms with Crippen LogP contribution in [-0.4, -0.2) is 10.5 Å². The number of amides is 1. The number of nitrogens with zero attached hydrogens (tertiary/aromatic N) is 1. The van der Waals surface area contributed by atoms with Crippen molar-refractivity contribution in [3.63, 3.8) is 0 Å². The van der Waals surface area contributed by atoms with Crippen molar-refractivity contribution in [2.75, 3.05) is 10.6 Å². The first-order chi connectivity index (χ1) is 15.9. The Kier molecular flexibility index (Phi) is 5.92. The van der Waals surface area contributed by atoms with Crippen LogP contribution in [0.3, 0.4) is 0 Å². The lowest BCUT2D eigenvalue weighted by Gasteiger charge is -2.17. The van der Waals surface area contributed by atoms with Gasteiger partial charge >= 0.3 is 0 Å². The molecule has 0 saturated carbocycles. The molecule has 0 atom stereocenters. The molecule has 0 fully saturated rings. The van der Waals surface area contributed by atoms with E-state index in [1.165, 1.54) is 10.6 Å². The van der Waals surface area contributed by atoms with E-state index in [0.29, 0.717) is 33.3 Å². The molecule has 1 amide bonds. The van der Waals surface area contributed by atoms with Crippen LogP contribution < -0.4 is 16.2 Å². The molecule has 0 spiro atoms. The van der Waals surface area contributed by atoms with Crippen LogP contribution in [0, 0.1) is 23.5 Å². The van der Waals surface area contributed by atoms with Crippen LogP contribution in [0.5, 0.6) is 0 Å². The molecule has 0 aliphatic carbocycles. The number of anilines is 3. The van der Waals surface area contributed by atoms with Gasteiger partial charge in [0.2, 0.25) is 0 Å². The zero-order valence-electron chi connectivity index (χ0n) is 17.9. The minimum atomic E-state index is -0.748. The molecule has 4 aromatic rings. The van der Waals surface area contributed by atoms with Crippen LogP contribution in [-0.2, 0) is 11.8 Å². The average molecular weight is 443 g/mol. The molecule has 164 valence electrons. The summed E-state index contributed by atoms with van der Waals surface area (Å²) in [5, 5.41) is 6.92. The predicted octanol–water partition coefficient (Wildman–Crippen LogP) is 5.19. The molecule has 33 heavy (non-hydrogen) atoms. The summed E-state index contributed by atoms with van der Waals surface area (Å²) in [6.07, 6.45) is 1.68. The zero-order valence-corrected chi connectivity index (χ0v) is 17.9. The molecule has 5 nitrogen and oxygen atoms in total. The Morgan fingerprint density at radius 2 is 1.67 bits per heavy atom. The van der Waals surface area contributed by atoms with E-state index in [2.05, 4.69) is 22.5 Å². The Morgan fingerprint density at radius 1 is 0.939 bits per heavy atom. The Bertz CT molecular complexity index is 1510. The molecule has 0 unspecified atom stereocenters. The van der Waals surface area contributed by atoms with Gasteiger partial charge in [-0.1, -0.05) is 24.1 Å². The highest BCUT2D eigenvalue weighted by Gasteiger charge is 2.15. The number of hydrogen-bond donors (Lipinski definition) is 2. The summed E-state index contributed by atoms with van der Waals surface area (Å²) in [5.41, 5.74) is 2.20. The number of hydrogen-bond acceptors (Lipinski definition) is 3. The number of benzene rings is 3. The Morgan fingerprint density at radius 3 is 2.39 bits per heavy atom. The highest BCUT2D eigenvalue weighted by atomic mass is 19.1. The second-order valence-corrected chi connectivity index (χ2v) is 7.34. The summed E-state index contributed by atoms with van der Waals surface area (Å²) in [5.74, 6) is 3.06. The molecule has 3 aromatic carbocycles. The van der Waals surface area contributed by atoms with Crippen molar-refractivity contribution in [2.45, 2.75) is 6.92 Å². The minimum Gasteiger partial charge on any atom is -0.353 e. The third-order valence-corrected chi connectivity index (χ3v) is 5.10. The largest absolute Gasteiger partial charge is 0.353 e. The fourth-order valence-electron chi connectivity index (χ4n) is 3.60. The fraction of sp³-hybridized carbons (Fsp3) is 0.0769. The van der Waals surface area contributed by atoms with Gasteiger partial charge in [0.1, 0.15) is 11.6 Å². The number of pyridine rings is 1. The third-order valence-electron chi connectivity index (χ3n) is 5.10. The number of fused-ring (bicyclic) bond motifs is 1. The van der Waals surface area contributed by atoms with Crippen LogP contribution in [0.15, 0.2) is 71.7 Å². The first-order valence-electron chi connectivity index (χ1n) is 10.1. The van der Waals surface area contributed by atoms with Gasteiger partial charge in [0, 0.05) is 47.2 Å². The van der Waals surface area contributed by atoms with Crippen molar-refractivity contribution in [2.24, 2.45) is 7.05 Å². The summed E-state index contributed by atoms with van der Waals surface area (Å²) >= 11 is 0. The van der Waals surface area contributed by atoms with Gasteiger partial charge < -0.3 is 15.2 Å². The van der Waals surface area contributed by atoms with E-state index in [0.717, 1.165) is 12.1 Å². The first-order valence-corrected chi connectivity index (χ1v) is 10.1. The molecule has 0 bridgehead atoms. The molecule has 0 radical (unpaired) electrons. The number of aromatic nitrogens is 1. The Balaban J connectivity index is 1.93. The SMILES string of the molecule is CC#CC(=O)Nc1ccc(Nc2ccc(F)cc2F)c(-c2cn(C)c(=O)c3ccccc23)c1. The maximum atomic E-state index is 14.4. The van der Waals surface area contributed by atoms with E-state index in [1.54, 1.807) is 50.5 Å². The van der Waals surface area contributed by atoms with Gasteiger partial charge in [0.05, 0.1) is 5.69 Å². The third kappa shape index (κ3) is 4.46. The summed E-state index contributed by atoms with van der Waals surface area (Å²) < 4.78 is 29.2. The van der Waals surface area contributed by atoms with Crippen LogP contribution in [0.25, 0.3) is 21.9 Å². The van der Waals surface area contributed by atoms with E-state index in [1.807, 2.05) is 12.1 Å². The van der Waals surface area contributed by atoms with E-state index in [-0.39, 0.29) is 11.2 Å². The first kappa shape index (κ1) is 21.8. The quantitative estimate of drug-likeness (QED) is 0.427. The fourth-order valence-corrected chi connectivity index (χ4v) is 3.60. The van der Waals surface area contributed by atoms with Gasteiger partial charge in [0.25, 0.3) is 11.5 Å². The van der Waals surface area contributed by atoms with Crippen molar-refractivity contribution in [3.05, 3.63) is 88.8 Å². The number of carbonyl (C=O) groups excluding carboxylic acids is 1. The van der Waals surface area contributed by atoms with Crippen LogP contribution in [0.4, 0.5) is 25.8 Å². The topological polar surface area (TPSA) is 63.1 Å². The zero-order chi connectivity index (χ0) is 23.5. The molecule has 7 heteroatoms. The van der Waals surface area contributed by atoms with Gasteiger partial charge in [-0.25, -0.2) is 8.78 Å². The summed E-state index contributed by atoms with van der Waals surface area (Å²) in [6.45, 7) is 1.56. The highest BCUT2D eigenvalue weighted by molar-refractivity contribution is 6.05. The average Bonchev–Trinajstić information content (AvgIpc) is 2.79. The van der Waals surface area contributed by atoms with Gasteiger partial charge in [-0.2, -0.15) is 0 Å². The van der Waals surface area contributed by atoms with Crippen LogP contribution in [0.2, 0.25) is 0 Å². The van der Waals surface area contributed by atoms with E-state index in [4.69, 9.17) is 0 Å². The maximum absolute atomic E-state index is 14.4. The standard InChI is InChI=1S/C26H19F2N3O2/c1-3-6-25(32)29-17-10-12-23(30-24-11-9-16(27)13-22(24)28)20(14-17)21-15-31(2)26(33)19-8-5-4-7-18(19)21/h4-5,7-15,30H,1-2H3,(H,29,32). The second kappa shape index (κ2) is 8.97. The lowest BCUT2D eigenvalue weighted by atomic mass is 9.98. The molecule has 1 aromatic heterocycles. The normalized spacial score (nSPS) is 10.4. The van der Waals surface area contributed by atoms with E-state index in [9.17, 15) is 18.4 Å². The molecular weight excluding hydrogens is 424 g/mol. The molecule has 0 aliphatic rings. The van der Waals surface area contributed by atoms with Gasteiger partial charge in [-0.3, -0.25) is 9.59 Å². The molecule has 0 saturated heterocycles. The molecular formula is C26H19F2N3O2. The molecule has 1 heterocycles. The lowest BCUT2D eigenvalue weighted by molar-refractivity contribution is -0.111. The number of aryl methyl sites for hydroxylation is 1. The molecule has 0 aliphatic heterocycles. The molecule has 2 N–H and O–H groups in total. The van der Waals surface area contributed by atoms with Crippen molar-refractivity contribution in [1.82, 2.24) is 4.57 Å². The van der Waals surface area contributed by atoms with Crippen molar-refractivity contribution >= 4 is 33.7 Å². The predicted molar refractivity (Wildman–Crippen MR) is 126 cm³/mol. The van der Waals surface area contributed by atoms with Gasteiger partial charge in [0.15, 0.2) is 0 Å². The number of rotatable bonds is 4. The summed E-state index contributed by atoms with van der Waals surface area (Å²) in [6, 6.07) is 15.4.